The monoisotopic (exact) mass is 401 g/mol. The Morgan fingerprint density at radius 1 is 0.613 bits per heavy atom. The Balaban J connectivity index is 1.53. The number of fused-ring (bicyclic) bond motifs is 2. The first kappa shape index (κ1) is 18.7. The van der Waals surface area contributed by atoms with E-state index in [1.165, 1.54) is 0 Å². The predicted octanol–water partition coefficient (Wildman–Crippen LogP) is 7.53. The molecule has 5 rings (SSSR count). The molecule has 0 aliphatic carbocycles. The molecule has 0 aliphatic heterocycles. The second-order valence-corrected chi connectivity index (χ2v) is 7.30. The summed E-state index contributed by atoms with van der Waals surface area (Å²) in [5, 5.41) is 32.2. The average molecular weight is 401 g/mol. The number of nitrogens with zero attached hydrogens (tertiary/aromatic N) is 2. The first-order valence-corrected chi connectivity index (χ1v) is 10.0. The van der Waals surface area contributed by atoms with Gasteiger partial charge in [-0.3, -0.25) is 5.41 Å². The van der Waals surface area contributed by atoms with Crippen LogP contribution < -0.4 is 0 Å². The topological polar surface area (TPSA) is 68.8 Å². The summed E-state index contributed by atoms with van der Waals surface area (Å²) in [5.41, 5.74) is 2.78. The van der Waals surface area contributed by atoms with Gasteiger partial charge in [-0.2, -0.15) is 5.11 Å². The highest BCUT2D eigenvalue weighted by atomic mass is 16.3. The highest BCUT2D eigenvalue weighted by Crippen LogP contribution is 2.31. The van der Waals surface area contributed by atoms with Crippen molar-refractivity contribution < 1.29 is 5.11 Å². The van der Waals surface area contributed by atoms with Crippen molar-refractivity contribution in [1.29, 1.82) is 5.41 Å². The predicted molar refractivity (Wildman–Crippen MR) is 126 cm³/mol. The third-order valence-electron chi connectivity index (χ3n) is 5.35. The van der Waals surface area contributed by atoms with E-state index < -0.39 is 0 Å². The second kappa shape index (κ2) is 7.84. The van der Waals surface area contributed by atoms with Gasteiger partial charge in [0.05, 0.1) is 17.1 Å². The summed E-state index contributed by atoms with van der Waals surface area (Å²) in [7, 11) is 0. The van der Waals surface area contributed by atoms with Gasteiger partial charge in [-0.25, -0.2) is 0 Å². The molecule has 0 saturated carbocycles. The summed E-state index contributed by atoms with van der Waals surface area (Å²) < 4.78 is 0. The molecule has 0 saturated heterocycles. The van der Waals surface area contributed by atoms with Crippen molar-refractivity contribution in [2.24, 2.45) is 10.2 Å². The van der Waals surface area contributed by atoms with E-state index in [0.29, 0.717) is 11.3 Å². The molecule has 2 N–H and O–H groups in total. The van der Waals surface area contributed by atoms with E-state index in [2.05, 4.69) is 10.2 Å². The Kier molecular flexibility index (Phi) is 4.73. The molecule has 5 aromatic carbocycles. The van der Waals surface area contributed by atoms with E-state index in [4.69, 9.17) is 5.41 Å². The van der Waals surface area contributed by atoms with Crippen LogP contribution in [0.5, 0.6) is 5.75 Å². The molecule has 0 fully saturated rings. The lowest BCUT2D eigenvalue weighted by molar-refractivity contribution is 0.474. The van der Waals surface area contributed by atoms with Crippen LogP contribution in [0.3, 0.4) is 0 Å². The highest BCUT2D eigenvalue weighted by molar-refractivity contribution is 6.19. The quantitative estimate of drug-likeness (QED) is 0.237. The number of nitrogens with one attached hydrogen (secondary N) is 1. The average Bonchev–Trinajstić information content (AvgIpc) is 2.82. The van der Waals surface area contributed by atoms with Gasteiger partial charge in [0.25, 0.3) is 0 Å². The van der Waals surface area contributed by atoms with E-state index in [1.54, 1.807) is 18.2 Å². The fourth-order valence-corrected chi connectivity index (χ4v) is 3.78. The summed E-state index contributed by atoms with van der Waals surface area (Å²) in [6.45, 7) is 0. The summed E-state index contributed by atoms with van der Waals surface area (Å²) in [4.78, 5) is 0. The largest absolute Gasteiger partial charge is 0.507 e. The summed E-state index contributed by atoms with van der Waals surface area (Å²) in [5.74, 6) is 0.0436. The SMILES string of the molecule is N=C(c1cc(N=Nc2cccc3ccccc23)ccc1O)c1cccc2ccccc12. The Labute approximate surface area is 179 Å². The number of aromatic hydroxyl groups is 1. The maximum absolute atomic E-state index is 10.5. The van der Waals surface area contributed by atoms with E-state index in [9.17, 15) is 5.11 Å². The van der Waals surface area contributed by atoms with Crippen LogP contribution in [0.1, 0.15) is 11.1 Å². The standard InChI is InChI=1S/C27H19N3O/c28-27(23-13-5-9-18-7-1-3-11-21(18)23)24-17-20(15-16-26(24)31)29-30-25-14-6-10-19-8-2-4-12-22(19)25/h1-17,28,31H. The van der Waals surface area contributed by atoms with Gasteiger partial charge in [-0.15, -0.1) is 5.11 Å². The highest BCUT2D eigenvalue weighted by Gasteiger charge is 2.13. The maximum Gasteiger partial charge on any atom is 0.125 e. The minimum absolute atomic E-state index is 0.0436. The van der Waals surface area contributed by atoms with Gasteiger partial charge >= 0.3 is 0 Å². The smallest absolute Gasteiger partial charge is 0.125 e. The minimum Gasteiger partial charge on any atom is -0.507 e. The zero-order chi connectivity index (χ0) is 21.2. The number of azo groups is 1. The van der Waals surface area contributed by atoms with Crippen LogP contribution >= 0.6 is 0 Å². The fraction of sp³-hybridized carbons (Fsp3) is 0. The third kappa shape index (κ3) is 3.55. The molecule has 0 aromatic heterocycles. The van der Waals surface area contributed by atoms with Crippen LogP contribution in [0.4, 0.5) is 11.4 Å². The van der Waals surface area contributed by atoms with Gasteiger partial charge in [0, 0.05) is 16.5 Å². The molecule has 5 aromatic rings. The number of rotatable bonds is 4. The normalized spacial score (nSPS) is 11.4. The number of phenols is 1. The summed E-state index contributed by atoms with van der Waals surface area (Å²) >= 11 is 0. The zero-order valence-electron chi connectivity index (χ0n) is 16.7. The van der Waals surface area contributed by atoms with Crippen molar-refractivity contribution in [2.75, 3.05) is 0 Å². The van der Waals surface area contributed by atoms with Crippen LogP contribution in [0.15, 0.2) is 113 Å². The van der Waals surface area contributed by atoms with E-state index >= 15 is 0 Å². The molecule has 0 amide bonds. The van der Waals surface area contributed by atoms with Crippen molar-refractivity contribution in [2.45, 2.75) is 0 Å². The minimum atomic E-state index is 0.0436. The number of hydrogen-bond acceptors (Lipinski definition) is 4. The van der Waals surface area contributed by atoms with E-state index in [1.807, 2.05) is 84.9 Å². The van der Waals surface area contributed by atoms with Crippen LogP contribution in [0, 0.1) is 5.41 Å². The molecule has 0 atom stereocenters. The maximum atomic E-state index is 10.5. The van der Waals surface area contributed by atoms with Gasteiger partial charge < -0.3 is 5.11 Å². The first-order valence-electron chi connectivity index (χ1n) is 10.0. The van der Waals surface area contributed by atoms with Crippen LogP contribution in [-0.4, -0.2) is 10.8 Å². The molecule has 4 nitrogen and oxygen atoms in total. The molecular weight excluding hydrogens is 382 g/mol. The van der Waals surface area contributed by atoms with Gasteiger partial charge in [-0.05, 0) is 40.4 Å². The molecule has 0 spiro atoms. The van der Waals surface area contributed by atoms with E-state index in [0.717, 1.165) is 32.8 Å². The molecule has 0 unspecified atom stereocenters. The molecular formula is C27H19N3O. The van der Waals surface area contributed by atoms with E-state index in [-0.39, 0.29) is 11.5 Å². The molecule has 0 bridgehead atoms. The number of benzene rings is 5. The Bertz CT molecular complexity index is 1460. The van der Waals surface area contributed by atoms with Crippen LogP contribution in [0.25, 0.3) is 21.5 Å². The lowest BCUT2D eigenvalue weighted by Crippen LogP contribution is -2.02. The molecule has 31 heavy (non-hydrogen) atoms. The molecule has 0 radical (unpaired) electrons. The van der Waals surface area contributed by atoms with Crippen LogP contribution in [-0.2, 0) is 0 Å². The van der Waals surface area contributed by atoms with Crippen molar-refractivity contribution in [3.05, 3.63) is 114 Å². The Morgan fingerprint density at radius 3 is 2.06 bits per heavy atom. The van der Waals surface area contributed by atoms with Gasteiger partial charge in [-0.1, -0.05) is 78.9 Å². The third-order valence-corrected chi connectivity index (χ3v) is 5.35. The number of hydrogen-bond donors (Lipinski definition) is 2. The lowest BCUT2D eigenvalue weighted by atomic mass is 9.96. The van der Waals surface area contributed by atoms with Crippen LogP contribution in [0.2, 0.25) is 0 Å². The summed E-state index contributed by atoms with van der Waals surface area (Å²) in [6.07, 6.45) is 0. The van der Waals surface area contributed by atoms with Crippen molar-refractivity contribution in [3.8, 4) is 5.75 Å². The van der Waals surface area contributed by atoms with Crippen molar-refractivity contribution in [1.82, 2.24) is 0 Å². The molecule has 0 heterocycles. The second-order valence-electron chi connectivity index (χ2n) is 7.30. The zero-order valence-corrected chi connectivity index (χ0v) is 16.7. The molecule has 0 aliphatic rings. The number of phenolic OH excluding ortho intramolecular Hbond substituents is 1. The molecule has 4 heteroatoms. The molecule has 148 valence electrons. The first-order chi connectivity index (χ1) is 15.2. The van der Waals surface area contributed by atoms with Gasteiger partial charge in [0.1, 0.15) is 5.75 Å². The Hall–Kier alpha value is -4.31. The van der Waals surface area contributed by atoms with Crippen molar-refractivity contribution in [3.63, 3.8) is 0 Å². The Morgan fingerprint density at radius 2 is 1.26 bits per heavy atom. The summed E-state index contributed by atoms with van der Waals surface area (Å²) in [6, 6.07) is 32.7. The van der Waals surface area contributed by atoms with Gasteiger partial charge in [0.15, 0.2) is 0 Å². The van der Waals surface area contributed by atoms with Gasteiger partial charge in [0.2, 0.25) is 0 Å². The lowest BCUT2D eigenvalue weighted by Gasteiger charge is -2.10. The van der Waals surface area contributed by atoms with Crippen molar-refractivity contribution >= 4 is 38.6 Å². The fourth-order valence-electron chi connectivity index (χ4n) is 3.78.